The summed E-state index contributed by atoms with van der Waals surface area (Å²) in [6, 6.07) is 7.51. The van der Waals surface area contributed by atoms with Gasteiger partial charge in [0.1, 0.15) is 0 Å². The summed E-state index contributed by atoms with van der Waals surface area (Å²) in [5.74, 6) is 0.514. The standard InChI is InChI=1S/C15H20ClNO/c1-15(9-3-2-4-10-15)17-14(18)13-7-5-12(11-16)6-8-13/h5-8H,2-4,9-11H2,1H3,(H,17,18). The monoisotopic (exact) mass is 265 g/mol. The summed E-state index contributed by atoms with van der Waals surface area (Å²) < 4.78 is 0. The predicted molar refractivity (Wildman–Crippen MR) is 75.0 cm³/mol. The molecule has 0 unspecified atom stereocenters. The fourth-order valence-electron chi connectivity index (χ4n) is 2.55. The molecule has 0 radical (unpaired) electrons. The fraction of sp³-hybridized carbons (Fsp3) is 0.533. The molecule has 98 valence electrons. The maximum atomic E-state index is 12.2. The zero-order chi connectivity index (χ0) is 13.0. The van der Waals surface area contributed by atoms with Crippen LogP contribution in [0.3, 0.4) is 0 Å². The Morgan fingerprint density at radius 3 is 2.39 bits per heavy atom. The van der Waals surface area contributed by atoms with Crippen LogP contribution in [-0.2, 0) is 5.88 Å². The summed E-state index contributed by atoms with van der Waals surface area (Å²) in [6.45, 7) is 2.15. The number of alkyl halides is 1. The van der Waals surface area contributed by atoms with Crippen molar-refractivity contribution >= 4 is 17.5 Å². The Morgan fingerprint density at radius 2 is 1.83 bits per heavy atom. The first kappa shape index (κ1) is 13.4. The topological polar surface area (TPSA) is 29.1 Å². The van der Waals surface area contributed by atoms with Crippen LogP contribution < -0.4 is 5.32 Å². The molecule has 18 heavy (non-hydrogen) atoms. The first-order valence-electron chi connectivity index (χ1n) is 6.60. The van der Waals surface area contributed by atoms with E-state index in [1.54, 1.807) is 0 Å². The van der Waals surface area contributed by atoms with Gasteiger partial charge >= 0.3 is 0 Å². The van der Waals surface area contributed by atoms with E-state index in [0.717, 1.165) is 24.0 Å². The number of benzene rings is 1. The molecule has 3 heteroatoms. The summed E-state index contributed by atoms with van der Waals surface area (Å²) in [7, 11) is 0. The lowest BCUT2D eigenvalue weighted by molar-refractivity contribution is 0.0882. The third-order valence-electron chi connectivity index (χ3n) is 3.74. The van der Waals surface area contributed by atoms with Crippen LogP contribution >= 0.6 is 11.6 Å². The van der Waals surface area contributed by atoms with Crippen molar-refractivity contribution in [2.24, 2.45) is 0 Å². The lowest BCUT2D eigenvalue weighted by Crippen LogP contribution is -2.47. The summed E-state index contributed by atoms with van der Waals surface area (Å²) in [5, 5.41) is 3.18. The SMILES string of the molecule is CC1(NC(=O)c2ccc(CCl)cc2)CCCCC1. The molecule has 1 aromatic rings. The zero-order valence-corrected chi connectivity index (χ0v) is 11.6. The molecule has 1 aliphatic rings. The Kier molecular flexibility index (Phi) is 4.28. The van der Waals surface area contributed by atoms with Gasteiger partial charge in [-0.15, -0.1) is 11.6 Å². The molecular formula is C15H20ClNO. The lowest BCUT2D eigenvalue weighted by Gasteiger charge is -2.34. The van der Waals surface area contributed by atoms with Crippen molar-refractivity contribution < 1.29 is 4.79 Å². The number of amides is 1. The van der Waals surface area contributed by atoms with Crippen LogP contribution in [0.5, 0.6) is 0 Å². The van der Waals surface area contributed by atoms with Gasteiger partial charge in [0.05, 0.1) is 0 Å². The average Bonchev–Trinajstić information content (AvgIpc) is 2.39. The van der Waals surface area contributed by atoms with Crippen LogP contribution in [0.4, 0.5) is 0 Å². The predicted octanol–water partition coefficient (Wildman–Crippen LogP) is 3.88. The smallest absolute Gasteiger partial charge is 0.251 e. The highest BCUT2D eigenvalue weighted by Gasteiger charge is 2.28. The summed E-state index contributed by atoms with van der Waals surface area (Å²) >= 11 is 5.74. The normalized spacial score (nSPS) is 18.3. The van der Waals surface area contributed by atoms with Crippen LogP contribution in [0.2, 0.25) is 0 Å². The second-order valence-corrected chi connectivity index (χ2v) is 5.67. The van der Waals surface area contributed by atoms with Crippen molar-refractivity contribution in [3.05, 3.63) is 35.4 Å². The molecule has 0 atom stereocenters. The number of rotatable bonds is 3. The minimum atomic E-state index is -0.0273. The third-order valence-corrected chi connectivity index (χ3v) is 4.05. The number of nitrogens with one attached hydrogen (secondary N) is 1. The van der Waals surface area contributed by atoms with Crippen molar-refractivity contribution in [1.29, 1.82) is 0 Å². The second kappa shape index (κ2) is 5.75. The molecule has 0 aromatic heterocycles. The minimum Gasteiger partial charge on any atom is -0.347 e. The lowest BCUT2D eigenvalue weighted by atomic mass is 9.83. The number of hydrogen-bond acceptors (Lipinski definition) is 1. The van der Waals surface area contributed by atoms with Crippen molar-refractivity contribution in [2.45, 2.75) is 50.4 Å². The van der Waals surface area contributed by atoms with Crippen LogP contribution in [0.1, 0.15) is 54.9 Å². The van der Waals surface area contributed by atoms with Crippen molar-refractivity contribution in [1.82, 2.24) is 5.32 Å². The maximum absolute atomic E-state index is 12.2. The molecule has 1 aromatic carbocycles. The Labute approximate surface area is 114 Å². The molecule has 2 rings (SSSR count). The van der Waals surface area contributed by atoms with Gasteiger partial charge in [-0.1, -0.05) is 31.4 Å². The van der Waals surface area contributed by atoms with E-state index >= 15 is 0 Å². The van der Waals surface area contributed by atoms with E-state index in [0.29, 0.717) is 5.88 Å². The number of carbonyl (C=O) groups is 1. The number of carbonyl (C=O) groups excluding carboxylic acids is 1. The molecule has 2 nitrogen and oxygen atoms in total. The van der Waals surface area contributed by atoms with E-state index in [9.17, 15) is 4.79 Å². The Morgan fingerprint density at radius 1 is 1.22 bits per heavy atom. The second-order valence-electron chi connectivity index (χ2n) is 5.41. The molecule has 1 N–H and O–H groups in total. The van der Waals surface area contributed by atoms with Gasteiger partial charge in [-0.2, -0.15) is 0 Å². The Hall–Kier alpha value is -1.02. The van der Waals surface area contributed by atoms with Gasteiger partial charge in [0, 0.05) is 17.0 Å². The molecule has 1 aliphatic carbocycles. The molecular weight excluding hydrogens is 246 g/mol. The fourth-order valence-corrected chi connectivity index (χ4v) is 2.73. The molecule has 0 spiro atoms. The van der Waals surface area contributed by atoms with Gasteiger partial charge < -0.3 is 5.32 Å². The van der Waals surface area contributed by atoms with Gasteiger partial charge in [0.25, 0.3) is 5.91 Å². The minimum absolute atomic E-state index is 0.0273. The summed E-state index contributed by atoms with van der Waals surface area (Å²) in [5.41, 5.74) is 1.73. The van der Waals surface area contributed by atoms with Crippen molar-refractivity contribution in [2.75, 3.05) is 0 Å². The van der Waals surface area contributed by atoms with E-state index < -0.39 is 0 Å². The highest BCUT2D eigenvalue weighted by molar-refractivity contribution is 6.17. The van der Waals surface area contributed by atoms with Crippen LogP contribution in [0, 0.1) is 0 Å². The molecule has 0 saturated heterocycles. The average molecular weight is 266 g/mol. The van der Waals surface area contributed by atoms with Crippen molar-refractivity contribution in [3.63, 3.8) is 0 Å². The van der Waals surface area contributed by atoms with Gasteiger partial charge in [-0.3, -0.25) is 4.79 Å². The first-order valence-corrected chi connectivity index (χ1v) is 7.14. The highest BCUT2D eigenvalue weighted by atomic mass is 35.5. The largest absolute Gasteiger partial charge is 0.347 e. The molecule has 0 aliphatic heterocycles. The van der Waals surface area contributed by atoms with E-state index in [4.69, 9.17) is 11.6 Å². The zero-order valence-electron chi connectivity index (χ0n) is 10.8. The highest BCUT2D eigenvalue weighted by Crippen LogP contribution is 2.27. The van der Waals surface area contributed by atoms with Crippen LogP contribution in [-0.4, -0.2) is 11.4 Å². The molecule has 1 saturated carbocycles. The van der Waals surface area contributed by atoms with E-state index in [2.05, 4.69) is 12.2 Å². The van der Waals surface area contributed by atoms with Gasteiger partial charge in [0.15, 0.2) is 0 Å². The van der Waals surface area contributed by atoms with E-state index in [1.807, 2.05) is 24.3 Å². The maximum Gasteiger partial charge on any atom is 0.251 e. The molecule has 1 amide bonds. The van der Waals surface area contributed by atoms with Crippen molar-refractivity contribution in [3.8, 4) is 0 Å². The van der Waals surface area contributed by atoms with Crippen LogP contribution in [0.15, 0.2) is 24.3 Å². The Bertz CT molecular complexity index is 407. The van der Waals surface area contributed by atoms with Gasteiger partial charge in [-0.05, 0) is 37.5 Å². The van der Waals surface area contributed by atoms with E-state index in [-0.39, 0.29) is 11.4 Å². The van der Waals surface area contributed by atoms with E-state index in [1.165, 1.54) is 19.3 Å². The molecule has 1 fully saturated rings. The van der Waals surface area contributed by atoms with Crippen LogP contribution in [0.25, 0.3) is 0 Å². The van der Waals surface area contributed by atoms with Gasteiger partial charge in [-0.25, -0.2) is 0 Å². The van der Waals surface area contributed by atoms with Gasteiger partial charge in [0.2, 0.25) is 0 Å². The Balaban J connectivity index is 2.02. The summed E-state index contributed by atoms with van der Waals surface area (Å²) in [6.07, 6.45) is 5.87. The third kappa shape index (κ3) is 3.26. The number of hydrogen-bond donors (Lipinski definition) is 1. The molecule has 0 bridgehead atoms. The quantitative estimate of drug-likeness (QED) is 0.826. The number of halogens is 1. The summed E-state index contributed by atoms with van der Waals surface area (Å²) in [4.78, 5) is 12.2. The molecule has 0 heterocycles. The first-order chi connectivity index (χ1) is 8.63.